The van der Waals surface area contributed by atoms with Gasteiger partial charge in [0.25, 0.3) is 0 Å². The lowest BCUT2D eigenvalue weighted by molar-refractivity contribution is 0.594. The van der Waals surface area contributed by atoms with Crippen LogP contribution in [0.1, 0.15) is 36.9 Å². The van der Waals surface area contributed by atoms with Crippen molar-refractivity contribution in [3.8, 4) is 0 Å². The first-order valence-corrected chi connectivity index (χ1v) is 6.84. The van der Waals surface area contributed by atoms with Crippen LogP contribution in [0, 0.1) is 0 Å². The number of thioether (sulfide) groups is 1. The molecule has 2 heteroatoms. The Morgan fingerprint density at radius 2 is 2.00 bits per heavy atom. The quantitative estimate of drug-likeness (QED) is 0.823. The molecular formula is C13H19NS. The lowest BCUT2D eigenvalue weighted by atomic mass is 9.99. The van der Waals surface area contributed by atoms with Crippen molar-refractivity contribution in [1.29, 1.82) is 0 Å². The van der Waals surface area contributed by atoms with Crippen LogP contribution in [-0.4, -0.2) is 18.1 Å². The Morgan fingerprint density at radius 1 is 1.27 bits per heavy atom. The molecule has 1 aromatic carbocycles. The van der Waals surface area contributed by atoms with Crippen molar-refractivity contribution in [3.63, 3.8) is 0 Å². The maximum atomic E-state index is 3.56. The molecule has 1 aliphatic heterocycles. The molecule has 0 aliphatic carbocycles. The Kier molecular flexibility index (Phi) is 3.71. The third-order valence-corrected chi connectivity index (χ3v) is 3.99. The molecular weight excluding hydrogens is 202 g/mol. The molecule has 0 amide bonds. The Bertz CT molecular complexity index is 299. The molecule has 1 saturated heterocycles. The van der Waals surface area contributed by atoms with Gasteiger partial charge in [-0.05, 0) is 17.0 Å². The van der Waals surface area contributed by atoms with Crippen molar-refractivity contribution >= 4 is 11.8 Å². The highest BCUT2D eigenvalue weighted by Gasteiger charge is 2.14. The number of benzene rings is 1. The molecule has 0 aromatic heterocycles. The molecule has 0 spiro atoms. The van der Waals surface area contributed by atoms with Crippen LogP contribution in [0.25, 0.3) is 0 Å². The van der Waals surface area contributed by atoms with E-state index in [0.717, 1.165) is 6.54 Å². The normalized spacial score (nSPS) is 21.9. The van der Waals surface area contributed by atoms with Gasteiger partial charge < -0.3 is 5.32 Å². The number of hydrogen-bond donors (Lipinski definition) is 1. The van der Waals surface area contributed by atoms with Crippen LogP contribution in [0.5, 0.6) is 0 Å². The van der Waals surface area contributed by atoms with Gasteiger partial charge in [-0.15, -0.1) is 0 Å². The summed E-state index contributed by atoms with van der Waals surface area (Å²) in [5.74, 6) is 3.09. The Balaban J connectivity index is 2.08. The Labute approximate surface area is 96.7 Å². The van der Waals surface area contributed by atoms with Crippen LogP contribution in [0.15, 0.2) is 24.3 Å². The fourth-order valence-corrected chi connectivity index (χ4v) is 2.87. The lowest BCUT2D eigenvalue weighted by Crippen LogP contribution is -2.30. The van der Waals surface area contributed by atoms with Crippen LogP contribution in [-0.2, 0) is 0 Å². The average molecular weight is 221 g/mol. The molecule has 0 bridgehead atoms. The van der Waals surface area contributed by atoms with Gasteiger partial charge in [-0.25, -0.2) is 0 Å². The van der Waals surface area contributed by atoms with Gasteiger partial charge >= 0.3 is 0 Å². The van der Waals surface area contributed by atoms with Crippen molar-refractivity contribution < 1.29 is 0 Å². The van der Waals surface area contributed by atoms with Gasteiger partial charge in [0, 0.05) is 24.1 Å². The molecule has 15 heavy (non-hydrogen) atoms. The fraction of sp³-hybridized carbons (Fsp3) is 0.538. The summed E-state index contributed by atoms with van der Waals surface area (Å²) in [6.07, 6.45) is 0. The zero-order valence-electron chi connectivity index (χ0n) is 9.49. The van der Waals surface area contributed by atoms with Crippen LogP contribution in [0.4, 0.5) is 0 Å². The smallest absolute Gasteiger partial charge is 0.0412 e. The van der Waals surface area contributed by atoms with E-state index in [4.69, 9.17) is 0 Å². The number of hydrogen-bond acceptors (Lipinski definition) is 2. The van der Waals surface area contributed by atoms with E-state index in [2.05, 4.69) is 43.4 Å². The van der Waals surface area contributed by atoms with Gasteiger partial charge in [-0.1, -0.05) is 38.1 Å². The SMILES string of the molecule is CC(C)c1ccc(C2CSCCN2)cc1. The van der Waals surface area contributed by atoms with Gasteiger partial charge in [0.05, 0.1) is 0 Å². The highest BCUT2D eigenvalue weighted by molar-refractivity contribution is 7.99. The van der Waals surface area contributed by atoms with Crippen LogP contribution >= 0.6 is 11.8 Å². The van der Waals surface area contributed by atoms with E-state index in [-0.39, 0.29) is 0 Å². The summed E-state index contributed by atoms with van der Waals surface area (Å²) in [7, 11) is 0. The molecule has 1 fully saturated rings. The van der Waals surface area contributed by atoms with Crippen molar-refractivity contribution in [2.45, 2.75) is 25.8 Å². The summed E-state index contributed by atoms with van der Waals surface area (Å²) in [6, 6.07) is 9.64. The average Bonchev–Trinajstić information content (AvgIpc) is 2.30. The molecule has 1 heterocycles. The monoisotopic (exact) mass is 221 g/mol. The van der Waals surface area contributed by atoms with Crippen molar-refractivity contribution in [1.82, 2.24) is 5.32 Å². The van der Waals surface area contributed by atoms with E-state index in [1.165, 1.54) is 22.6 Å². The van der Waals surface area contributed by atoms with Gasteiger partial charge in [0.1, 0.15) is 0 Å². The largest absolute Gasteiger partial charge is 0.308 e. The van der Waals surface area contributed by atoms with E-state index >= 15 is 0 Å². The van der Waals surface area contributed by atoms with E-state index in [1.807, 2.05) is 11.8 Å². The van der Waals surface area contributed by atoms with Crippen molar-refractivity contribution in [3.05, 3.63) is 35.4 Å². The van der Waals surface area contributed by atoms with E-state index in [1.54, 1.807) is 0 Å². The molecule has 0 saturated carbocycles. The molecule has 1 aromatic rings. The molecule has 1 unspecified atom stereocenters. The molecule has 82 valence electrons. The minimum atomic E-state index is 0.560. The summed E-state index contributed by atoms with van der Waals surface area (Å²) >= 11 is 2.05. The van der Waals surface area contributed by atoms with E-state index in [0.29, 0.717) is 12.0 Å². The number of nitrogens with one attached hydrogen (secondary N) is 1. The van der Waals surface area contributed by atoms with Crippen molar-refractivity contribution in [2.24, 2.45) is 0 Å². The molecule has 1 N–H and O–H groups in total. The van der Waals surface area contributed by atoms with Crippen molar-refractivity contribution in [2.75, 3.05) is 18.1 Å². The Hall–Kier alpha value is -0.470. The number of rotatable bonds is 2. The summed E-state index contributed by atoms with van der Waals surface area (Å²) in [4.78, 5) is 0. The second-order valence-corrected chi connectivity index (χ2v) is 5.55. The molecule has 2 rings (SSSR count). The highest BCUT2D eigenvalue weighted by Crippen LogP contribution is 2.23. The second kappa shape index (κ2) is 5.04. The minimum Gasteiger partial charge on any atom is -0.308 e. The fourth-order valence-electron chi connectivity index (χ4n) is 1.89. The molecule has 1 nitrogen and oxygen atoms in total. The predicted octanol–water partition coefficient (Wildman–Crippen LogP) is 3.19. The third kappa shape index (κ3) is 2.76. The Morgan fingerprint density at radius 3 is 2.53 bits per heavy atom. The maximum Gasteiger partial charge on any atom is 0.0412 e. The first-order chi connectivity index (χ1) is 7.27. The third-order valence-electron chi connectivity index (χ3n) is 2.93. The van der Waals surface area contributed by atoms with Gasteiger partial charge in [-0.3, -0.25) is 0 Å². The summed E-state index contributed by atoms with van der Waals surface area (Å²) in [5, 5.41) is 3.56. The lowest BCUT2D eigenvalue weighted by Gasteiger charge is -2.23. The first-order valence-electron chi connectivity index (χ1n) is 5.68. The van der Waals surface area contributed by atoms with Crippen LogP contribution in [0.2, 0.25) is 0 Å². The van der Waals surface area contributed by atoms with E-state index in [9.17, 15) is 0 Å². The molecule has 1 atom stereocenters. The van der Waals surface area contributed by atoms with Gasteiger partial charge in [-0.2, -0.15) is 11.8 Å². The zero-order valence-corrected chi connectivity index (χ0v) is 10.3. The summed E-state index contributed by atoms with van der Waals surface area (Å²) < 4.78 is 0. The summed E-state index contributed by atoms with van der Waals surface area (Å²) in [6.45, 7) is 5.62. The van der Waals surface area contributed by atoms with E-state index < -0.39 is 0 Å². The zero-order chi connectivity index (χ0) is 10.7. The standard InChI is InChI=1S/C13H19NS/c1-10(2)11-3-5-12(6-4-11)13-9-15-8-7-14-13/h3-6,10,13-14H,7-9H2,1-2H3. The van der Waals surface area contributed by atoms with Gasteiger partial charge in [0.15, 0.2) is 0 Å². The minimum absolute atomic E-state index is 0.560. The van der Waals surface area contributed by atoms with Gasteiger partial charge in [0.2, 0.25) is 0 Å². The predicted molar refractivity (Wildman–Crippen MR) is 68.6 cm³/mol. The summed E-state index contributed by atoms with van der Waals surface area (Å²) in [5.41, 5.74) is 2.87. The van der Waals surface area contributed by atoms with Crippen LogP contribution < -0.4 is 5.32 Å². The topological polar surface area (TPSA) is 12.0 Å². The molecule has 0 radical (unpaired) electrons. The maximum absolute atomic E-state index is 3.56. The van der Waals surface area contributed by atoms with Crippen LogP contribution in [0.3, 0.4) is 0 Å². The second-order valence-electron chi connectivity index (χ2n) is 4.40. The highest BCUT2D eigenvalue weighted by atomic mass is 32.2. The molecule has 1 aliphatic rings. The first kappa shape index (κ1) is 11.0.